The minimum Gasteiger partial charge on any atom is -0.872 e. The van der Waals surface area contributed by atoms with E-state index in [-0.39, 0.29) is 34.1 Å². The predicted molar refractivity (Wildman–Crippen MR) is 97.4 cm³/mol. The second kappa shape index (κ2) is 11.7. The van der Waals surface area contributed by atoms with Gasteiger partial charge in [-0.3, -0.25) is 4.98 Å². The molecule has 8 heteroatoms. The molecule has 0 aliphatic heterocycles. The number of nitrogens with zero attached hydrogens (tertiary/aromatic N) is 3. The molecule has 6 nitrogen and oxygen atoms in total. The second-order valence-electron chi connectivity index (χ2n) is 4.87. The zero-order valence-electron chi connectivity index (χ0n) is 13.8. The van der Waals surface area contributed by atoms with Crippen LogP contribution in [0.5, 0.6) is 11.5 Å². The number of hydrogen-bond donors (Lipinski definition) is 1. The Morgan fingerprint density at radius 1 is 1.04 bits per heavy atom. The van der Waals surface area contributed by atoms with Crippen LogP contribution in [0.3, 0.4) is 0 Å². The van der Waals surface area contributed by atoms with Gasteiger partial charge in [-0.2, -0.15) is 10.2 Å². The molecule has 0 unspecified atom stereocenters. The van der Waals surface area contributed by atoms with E-state index < -0.39 is 5.90 Å². The van der Waals surface area contributed by atoms with E-state index in [9.17, 15) is 15.3 Å². The maximum Gasteiger partial charge on any atom is 2.00 e. The average molecular weight is 431 g/mol. The van der Waals surface area contributed by atoms with Crippen molar-refractivity contribution in [3.8, 4) is 11.5 Å². The van der Waals surface area contributed by atoms with Crippen molar-refractivity contribution in [2.75, 3.05) is 0 Å². The minimum absolute atomic E-state index is 0. The third-order valence-electron chi connectivity index (χ3n) is 3.02. The van der Waals surface area contributed by atoms with Gasteiger partial charge < -0.3 is 15.3 Å². The van der Waals surface area contributed by atoms with Crippen molar-refractivity contribution in [2.45, 2.75) is 0 Å². The molecule has 0 saturated carbocycles. The molecule has 1 radical (unpaired) electrons. The number of benzene rings is 2. The van der Waals surface area contributed by atoms with Crippen LogP contribution < -0.4 is 10.2 Å². The van der Waals surface area contributed by atoms with E-state index in [2.05, 4.69) is 15.2 Å². The molecular weight excluding hydrogens is 417 g/mol. The molecule has 2 aromatic carbocycles. The molecule has 0 saturated heterocycles. The zero-order chi connectivity index (χ0) is 18.8. The maximum absolute atomic E-state index is 11.7. The van der Waals surface area contributed by atoms with Crippen molar-refractivity contribution in [2.24, 2.45) is 10.2 Å². The number of aromatic nitrogens is 1. The number of aromatic hydroxyl groups is 1. The van der Waals surface area contributed by atoms with Gasteiger partial charge >= 0.3 is 17.1 Å². The van der Waals surface area contributed by atoms with Gasteiger partial charge in [0.15, 0.2) is 0 Å². The van der Waals surface area contributed by atoms with Crippen LogP contribution in [0, 0.1) is 0 Å². The van der Waals surface area contributed by atoms with Crippen molar-refractivity contribution in [1.82, 2.24) is 4.98 Å². The standard InChI is InChI=1S/C14H11ClN2O3.C5H5N.Cu/c15-10-5-6-13(19)11(7-10)14(20)17-16-8-9-3-1-2-4-12(9)18;1-2-4-6-5-3-1;/h1-8,18-19H,(H,17,20);1-5H;/q;;+2/p-2/b16-8+;;. The Labute approximate surface area is 172 Å². The summed E-state index contributed by atoms with van der Waals surface area (Å²) in [6.45, 7) is 0. The topological polar surface area (TPSA) is 104 Å². The van der Waals surface area contributed by atoms with Crippen LogP contribution in [0.4, 0.5) is 0 Å². The summed E-state index contributed by atoms with van der Waals surface area (Å²) in [4.78, 5) is 3.78. The zero-order valence-corrected chi connectivity index (χ0v) is 15.5. The van der Waals surface area contributed by atoms with Gasteiger partial charge in [-0.25, -0.2) is 0 Å². The third kappa shape index (κ3) is 7.50. The summed E-state index contributed by atoms with van der Waals surface area (Å²) in [6.07, 6.45) is 4.68. The first-order chi connectivity index (χ1) is 12.6. The molecule has 0 aliphatic carbocycles. The van der Waals surface area contributed by atoms with E-state index in [0.717, 1.165) is 0 Å². The first-order valence-corrected chi connectivity index (χ1v) is 7.83. The van der Waals surface area contributed by atoms with Crippen molar-refractivity contribution in [3.63, 3.8) is 0 Å². The Morgan fingerprint density at radius 2 is 1.74 bits per heavy atom. The Morgan fingerprint density at radius 3 is 2.33 bits per heavy atom. The molecule has 1 N–H and O–H groups in total. The predicted octanol–water partition coefficient (Wildman–Crippen LogP) is 2.34. The molecule has 0 bridgehead atoms. The van der Waals surface area contributed by atoms with E-state index in [0.29, 0.717) is 10.6 Å². The van der Waals surface area contributed by atoms with E-state index in [1.165, 1.54) is 30.5 Å². The first-order valence-electron chi connectivity index (χ1n) is 7.46. The molecule has 27 heavy (non-hydrogen) atoms. The molecule has 1 heterocycles. The van der Waals surface area contributed by atoms with E-state index in [4.69, 9.17) is 11.6 Å². The Bertz CT molecular complexity index is 879. The molecule has 3 aromatic rings. The number of phenols is 1. The Kier molecular flexibility index (Phi) is 9.61. The van der Waals surface area contributed by atoms with Crippen LogP contribution in [0.25, 0.3) is 0 Å². The summed E-state index contributed by atoms with van der Waals surface area (Å²) in [6, 6.07) is 16.0. The van der Waals surface area contributed by atoms with Gasteiger partial charge in [0.2, 0.25) is 0 Å². The number of phenolic OH excluding ortho intramolecular Hbond substituents is 1. The van der Waals surface area contributed by atoms with Gasteiger partial charge in [-0.1, -0.05) is 47.7 Å². The maximum atomic E-state index is 11.7. The number of hydrogen-bond acceptors (Lipinski definition) is 6. The van der Waals surface area contributed by atoms with Crippen LogP contribution in [0.2, 0.25) is 5.02 Å². The fraction of sp³-hybridized carbons (Fsp3) is 0. The minimum atomic E-state index is -0.746. The summed E-state index contributed by atoms with van der Waals surface area (Å²) in [5.41, 5.74) is 0.268. The van der Waals surface area contributed by atoms with Gasteiger partial charge in [0.25, 0.3) is 0 Å². The van der Waals surface area contributed by atoms with Gasteiger partial charge in [-0.05, 0) is 35.9 Å². The summed E-state index contributed by atoms with van der Waals surface area (Å²) >= 11 is 5.73. The SMILES string of the molecule is [Cu+2].[O-]/C(=N\N=C\c1ccccc1[O-])c1cc(Cl)ccc1O.c1ccncc1. The molecule has 0 aliphatic rings. The summed E-state index contributed by atoms with van der Waals surface area (Å²) in [5, 5.41) is 39.9. The van der Waals surface area contributed by atoms with Crippen LogP contribution in [0.15, 0.2) is 83.3 Å². The first kappa shape index (κ1) is 22.2. The number of rotatable bonds is 3. The van der Waals surface area contributed by atoms with Gasteiger partial charge in [0.05, 0.1) is 6.21 Å². The molecule has 1 aromatic heterocycles. The van der Waals surface area contributed by atoms with E-state index in [1.807, 2.05) is 18.2 Å². The van der Waals surface area contributed by atoms with E-state index >= 15 is 0 Å². The molecule has 0 atom stereocenters. The Hall–Kier alpha value is -2.86. The van der Waals surface area contributed by atoms with Gasteiger partial charge in [0, 0.05) is 28.9 Å². The van der Waals surface area contributed by atoms with Crippen LogP contribution in [-0.4, -0.2) is 22.2 Å². The van der Waals surface area contributed by atoms with Gasteiger partial charge in [-0.15, -0.1) is 0 Å². The quantitative estimate of drug-likeness (QED) is 0.298. The summed E-state index contributed by atoms with van der Waals surface area (Å²) < 4.78 is 0. The van der Waals surface area contributed by atoms with Crippen molar-refractivity contribution in [3.05, 3.63) is 89.2 Å². The molecule has 0 fully saturated rings. The smallest absolute Gasteiger partial charge is 0.872 e. The van der Waals surface area contributed by atoms with Crippen molar-refractivity contribution in [1.29, 1.82) is 0 Å². The van der Waals surface area contributed by atoms with Crippen LogP contribution in [0.1, 0.15) is 11.1 Å². The summed E-state index contributed by atoms with van der Waals surface area (Å²) in [5.74, 6) is -1.20. The van der Waals surface area contributed by atoms with Crippen molar-refractivity contribution >= 4 is 23.7 Å². The Balaban J connectivity index is 0.000000444. The second-order valence-corrected chi connectivity index (χ2v) is 5.31. The molecular formula is C19H14ClCuN3O3. The van der Waals surface area contributed by atoms with Crippen molar-refractivity contribution < 1.29 is 32.4 Å². The number of para-hydroxylation sites is 1. The fourth-order valence-electron chi connectivity index (χ4n) is 1.78. The van der Waals surface area contributed by atoms with Crippen LogP contribution >= 0.6 is 11.6 Å². The largest absolute Gasteiger partial charge is 2.00 e. The molecule has 0 spiro atoms. The van der Waals surface area contributed by atoms with Gasteiger partial charge in [0.1, 0.15) is 5.75 Å². The monoisotopic (exact) mass is 430 g/mol. The summed E-state index contributed by atoms with van der Waals surface area (Å²) in [7, 11) is 0. The van der Waals surface area contributed by atoms with E-state index in [1.54, 1.807) is 30.6 Å². The third-order valence-corrected chi connectivity index (χ3v) is 3.25. The normalized spacial score (nSPS) is 10.6. The number of pyridine rings is 1. The molecule has 0 amide bonds. The van der Waals surface area contributed by atoms with Crippen LogP contribution in [-0.2, 0) is 17.1 Å². The molecule has 141 valence electrons. The number of halogens is 1. The average Bonchev–Trinajstić information content (AvgIpc) is 2.67. The fourth-order valence-corrected chi connectivity index (χ4v) is 1.95. The molecule has 3 rings (SSSR count).